The Morgan fingerprint density at radius 3 is 2.19 bits per heavy atom. The molecule has 0 radical (unpaired) electrons. The van der Waals surface area contributed by atoms with Crippen molar-refractivity contribution in [1.82, 2.24) is 0 Å². The summed E-state index contributed by atoms with van der Waals surface area (Å²) in [6.07, 6.45) is 0.373. The molecule has 5 heteroatoms. The molecule has 4 nitrogen and oxygen atoms in total. The average Bonchev–Trinajstić information content (AvgIpc) is 2.71. The zero-order valence-electron chi connectivity index (χ0n) is 14.8. The minimum Gasteiger partial charge on any atom is -0.326 e. The second kappa shape index (κ2) is 8.52. The highest BCUT2D eigenvalue weighted by Gasteiger charge is 2.10. The van der Waals surface area contributed by atoms with E-state index >= 15 is 0 Å². The summed E-state index contributed by atoms with van der Waals surface area (Å²) in [5, 5.41) is 5.95. The van der Waals surface area contributed by atoms with Crippen LogP contribution in [0.25, 0.3) is 11.1 Å². The van der Waals surface area contributed by atoms with Crippen molar-refractivity contribution in [3.63, 3.8) is 0 Å². The first-order chi connectivity index (χ1) is 13.1. The minimum atomic E-state index is -0.268. The van der Waals surface area contributed by atoms with Gasteiger partial charge in [-0.05, 0) is 41.5 Å². The van der Waals surface area contributed by atoms with Gasteiger partial charge < -0.3 is 10.6 Å². The summed E-state index contributed by atoms with van der Waals surface area (Å²) in [7, 11) is 0. The van der Waals surface area contributed by atoms with E-state index < -0.39 is 0 Å². The zero-order valence-corrected chi connectivity index (χ0v) is 15.6. The highest BCUT2D eigenvalue weighted by atomic mass is 35.5. The first-order valence-corrected chi connectivity index (χ1v) is 9.01. The Morgan fingerprint density at radius 2 is 1.52 bits per heavy atom. The molecule has 27 heavy (non-hydrogen) atoms. The highest BCUT2D eigenvalue weighted by molar-refractivity contribution is 6.34. The Bertz CT molecular complexity index is 954. The first kappa shape index (κ1) is 18.7. The SMILES string of the molecule is CCC(=O)Nc1ccc(Cl)c(NC(=O)c2ccc(-c3ccccc3)cc2)c1. The maximum absolute atomic E-state index is 12.5. The number of benzene rings is 3. The van der Waals surface area contributed by atoms with E-state index in [4.69, 9.17) is 11.6 Å². The van der Waals surface area contributed by atoms with Crippen molar-refractivity contribution in [2.24, 2.45) is 0 Å². The summed E-state index contributed by atoms with van der Waals surface area (Å²) in [6.45, 7) is 1.77. The van der Waals surface area contributed by atoms with Gasteiger partial charge in [-0.3, -0.25) is 9.59 Å². The molecule has 0 aliphatic carbocycles. The van der Waals surface area contributed by atoms with Crippen LogP contribution in [-0.4, -0.2) is 11.8 Å². The van der Waals surface area contributed by atoms with Gasteiger partial charge in [0.25, 0.3) is 5.91 Å². The molecule has 0 aromatic heterocycles. The number of hydrogen-bond acceptors (Lipinski definition) is 2. The molecule has 0 saturated carbocycles. The molecule has 0 saturated heterocycles. The number of amides is 2. The van der Waals surface area contributed by atoms with Crippen LogP contribution in [0.2, 0.25) is 5.02 Å². The van der Waals surface area contributed by atoms with Crippen LogP contribution in [0.5, 0.6) is 0 Å². The molecule has 0 aliphatic heterocycles. The Morgan fingerprint density at radius 1 is 0.852 bits per heavy atom. The lowest BCUT2D eigenvalue weighted by Gasteiger charge is -2.11. The van der Waals surface area contributed by atoms with Crippen LogP contribution in [0.1, 0.15) is 23.7 Å². The van der Waals surface area contributed by atoms with Crippen LogP contribution in [0, 0.1) is 0 Å². The molecule has 136 valence electrons. The largest absolute Gasteiger partial charge is 0.326 e. The third-order valence-electron chi connectivity index (χ3n) is 4.07. The lowest BCUT2D eigenvalue weighted by atomic mass is 10.0. The van der Waals surface area contributed by atoms with E-state index in [1.807, 2.05) is 42.5 Å². The Kier molecular flexibility index (Phi) is 5.89. The van der Waals surface area contributed by atoms with Crippen LogP contribution in [-0.2, 0) is 4.79 Å². The molecule has 0 bridgehead atoms. The molecule has 0 heterocycles. The maximum Gasteiger partial charge on any atom is 0.255 e. The second-order valence-electron chi connectivity index (χ2n) is 5.99. The number of carbonyl (C=O) groups excluding carboxylic acids is 2. The quantitative estimate of drug-likeness (QED) is 0.606. The van der Waals surface area contributed by atoms with Crippen molar-refractivity contribution in [1.29, 1.82) is 0 Å². The lowest BCUT2D eigenvalue weighted by Crippen LogP contribution is -2.13. The Hall–Kier alpha value is -3.11. The molecule has 0 aliphatic rings. The molecule has 2 amide bonds. The fourth-order valence-corrected chi connectivity index (χ4v) is 2.75. The van der Waals surface area contributed by atoms with E-state index in [1.54, 1.807) is 37.3 Å². The van der Waals surface area contributed by atoms with Crippen LogP contribution < -0.4 is 10.6 Å². The number of carbonyl (C=O) groups is 2. The molecule has 3 aromatic carbocycles. The maximum atomic E-state index is 12.5. The summed E-state index contributed by atoms with van der Waals surface area (Å²) in [4.78, 5) is 24.1. The van der Waals surface area contributed by atoms with Gasteiger partial charge in [-0.2, -0.15) is 0 Å². The molecule has 0 unspecified atom stereocenters. The van der Waals surface area contributed by atoms with E-state index in [-0.39, 0.29) is 11.8 Å². The predicted molar refractivity (Wildman–Crippen MR) is 110 cm³/mol. The molecule has 3 aromatic rings. The molecule has 0 spiro atoms. The van der Waals surface area contributed by atoms with Crippen LogP contribution in [0.3, 0.4) is 0 Å². The smallest absolute Gasteiger partial charge is 0.255 e. The van der Waals surface area contributed by atoms with Gasteiger partial charge in [-0.1, -0.05) is 61.0 Å². The number of hydrogen-bond donors (Lipinski definition) is 2. The summed E-state index contributed by atoms with van der Waals surface area (Å²) in [5.41, 5.74) is 3.68. The Balaban J connectivity index is 1.75. The van der Waals surface area contributed by atoms with E-state index in [1.165, 1.54) is 0 Å². The molecule has 3 rings (SSSR count). The standard InChI is InChI=1S/C22H19ClN2O2/c1-2-21(26)24-18-12-13-19(23)20(14-18)25-22(27)17-10-8-16(9-11-17)15-6-4-3-5-7-15/h3-14H,2H2,1H3,(H,24,26)(H,25,27). The van der Waals surface area contributed by atoms with Crippen molar-refractivity contribution in [2.45, 2.75) is 13.3 Å². The van der Waals surface area contributed by atoms with Crippen molar-refractivity contribution in [2.75, 3.05) is 10.6 Å². The van der Waals surface area contributed by atoms with Crippen molar-refractivity contribution < 1.29 is 9.59 Å². The normalized spacial score (nSPS) is 10.3. The molecule has 0 atom stereocenters. The highest BCUT2D eigenvalue weighted by Crippen LogP contribution is 2.26. The van der Waals surface area contributed by atoms with E-state index in [9.17, 15) is 9.59 Å². The van der Waals surface area contributed by atoms with Gasteiger partial charge in [0, 0.05) is 17.7 Å². The number of nitrogens with one attached hydrogen (secondary N) is 2. The van der Waals surface area contributed by atoms with Crippen molar-refractivity contribution in [3.8, 4) is 11.1 Å². The summed E-state index contributed by atoms with van der Waals surface area (Å²) >= 11 is 6.18. The third-order valence-corrected chi connectivity index (χ3v) is 4.40. The van der Waals surface area contributed by atoms with Gasteiger partial charge in [-0.15, -0.1) is 0 Å². The molecule has 2 N–H and O–H groups in total. The van der Waals surface area contributed by atoms with Gasteiger partial charge >= 0.3 is 0 Å². The van der Waals surface area contributed by atoms with Crippen molar-refractivity contribution in [3.05, 3.63) is 83.4 Å². The lowest BCUT2D eigenvalue weighted by molar-refractivity contribution is -0.115. The van der Waals surface area contributed by atoms with Gasteiger partial charge in [-0.25, -0.2) is 0 Å². The first-order valence-electron chi connectivity index (χ1n) is 8.63. The van der Waals surface area contributed by atoms with Gasteiger partial charge in [0.05, 0.1) is 10.7 Å². The fourth-order valence-electron chi connectivity index (χ4n) is 2.59. The monoisotopic (exact) mass is 378 g/mol. The van der Waals surface area contributed by atoms with Crippen LogP contribution >= 0.6 is 11.6 Å². The van der Waals surface area contributed by atoms with E-state index in [0.29, 0.717) is 28.4 Å². The van der Waals surface area contributed by atoms with Crippen LogP contribution in [0.15, 0.2) is 72.8 Å². The number of anilines is 2. The van der Waals surface area contributed by atoms with Gasteiger partial charge in [0.2, 0.25) is 5.91 Å². The second-order valence-corrected chi connectivity index (χ2v) is 6.40. The summed E-state index contributed by atoms with van der Waals surface area (Å²) in [6, 6.07) is 22.3. The average molecular weight is 379 g/mol. The Labute approximate surface area is 163 Å². The third kappa shape index (κ3) is 4.74. The van der Waals surface area contributed by atoms with Crippen molar-refractivity contribution >= 4 is 34.8 Å². The van der Waals surface area contributed by atoms with E-state index in [0.717, 1.165) is 11.1 Å². The molecule has 0 fully saturated rings. The van der Waals surface area contributed by atoms with E-state index in [2.05, 4.69) is 10.6 Å². The van der Waals surface area contributed by atoms with Crippen LogP contribution in [0.4, 0.5) is 11.4 Å². The molecular weight excluding hydrogens is 360 g/mol. The molecular formula is C22H19ClN2O2. The summed E-state index contributed by atoms with van der Waals surface area (Å²) in [5.74, 6) is -0.374. The van der Waals surface area contributed by atoms with Gasteiger partial charge in [0.1, 0.15) is 0 Å². The topological polar surface area (TPSA) is 58.2 Å². The predicted octanol–water partition coefficient (Wildman–Crippen LogP) is 5.61. The number of rotatable bonds is 5. The summed E-state index contributed by atoms with van der Waals surface area (Å²) < 4.78 is 0. The fraction of sp³-hybridized carbons (Fsp3) is 0.0909. The minimum absolute atomic E-state index is 0.105. The zero-order chi connectivity index (χ0) is 19.2. The number of halogens is 1. The van der Waals surface area contributed by atoms with Gasteiger partial charge in [0.15, 0.2) is 0 Å².